The molecule has 0 saturated heterocycles. The molecule has 0 amide bonds. The lowest BCUT2D eigenvalue weighted by molar-refractivity contribution is 0.112. The number of hydrogen-bond acceptors (Lipinski definition) is 2. The van der Waals surface area contributed by atoms with Crippen molar-refractivity contribution in [3.63, 3.8) is 0 Å². The maximum absolute atomic E-state index is 13.0. The number of carbonyl (C=O) groups is 1. The number of nitrogens with zero attached hydrogens (tertiary/aromatic N) is 1. The Bertz CT molecular complexity index is 480. The lowest BCUT2D eigenvalue weighted by Gasteiger charge is -1.93. The molecule has 66 valence electrons. The molecule has 1 N–H and O–H groups in total. The highest BCUT2D eigenvalue weighted by Gasteiger charge is 2.10. The van der Waals surface area contributed by atoms with Gasteiger partial charge in [-0.1, -0.05) is 0 Å². The molecule has 0 aliphatic heterocycles. The Morgan fingerprint density at radius 1 is 1.54 bits per heavy atom. The van der Waals surface area contributed by atoms with E-state index in [1.807, 2.05) is 0 Å². The van der Waals surface area contributed by atoms with Gasteiger partial charge < -0.3 is 0 Å². The van der Waals surface area contributed by atoms with E-state index in [9.17, 15) is 9.18 Å². The summed E-state index contributed by atoms with van der Waals surface area (Å²) in [4.78, 5) is 10.5. The first-order valence-corrected chi connectivity index (χ1v) is 4.30. The summed E-state index contributed by atoms with van der Waals surface area (Å²) in [6, 6.07) is 2.80. The molecule has 1 heterocycles. The zero-order valence-corrected chi connectivity index (χ0v) is 7.93. The summed E-state index contributed by atoms with van der Waals surface area (Å²) in [6.45, 7) is 0. The molecule has 13 heavy (non-hydrogen) atoms. The summed E-state index contributed by atoms with van der Waals surface area (Å²) in [5.74, 6) is -0.392. The molecule has 0 fully saturated rings. The van der Waals surface area contributed by atoms with Crippen LogP contribution in [0.25, 0.3) is 10.9 Å². The van der Waals surface area contributed by atoms with E-state index in [0.717, 1.165) is 0 Å². The number of benzene rings is 1. The van der Waals surface area contributed by atoms with Crippen molar-refractivity contribution < 1.29 is 9.18 Å². The minimum absolute atomic E-state index is 0.273. The highest BCUT2D eigenvalue weighted by Crippen LogP contribution is 2.26. The first-order valence-electron chi connectivity index (χ1n) is 3.51. The number of nitrogens with one attached hydrogen (secondary N) is 1. The molecule has 0 aliphatic rings. The Hall–Kier alpha value is -1.23. The summed E-state index contributed by atoms with van der Waals surface area (Å²) in [5.41, 5.74) is 0.790. The summed E-state index contributed by atoms with van der Waals surface area (Å²) < 4.78 is 13.2. The van der Waals surface area contributed by atoms with Crippen molar-refractivity contribution >= 4 is 33.1 Å². The van der Waals surface area contributed by atoms with E-state index in [-0.39, 0.29) is 4.47 Å². The van der Waals surface area contributed by atoms with Crippen molar-refractivity contribution in [3.05, 3.63) is 28.1 Å². The second kappa shape index (κ2) is 2.92. The van der Waals surface area contributed by atoms with Gasteiger partial charge in [-0.05, 0) is 28.1 Å². The normalized spacial score (nSPS) is 10.6. The number of aromatic nitrogens is 2. The van der Waals surface area contributed by atoms with Crippen LogP contribution in [-0.4, -0.2) is 16.5 Å². The third kappa shape index (κ3) is 1.16. The van der Waals surface area contributed by atoms with Crippen molar-refractivity contribution in [1.29, 1.82) is 0 Å². The van der Waals surface area contributed by atoms with Crippen LogP contribution < -0.4 is 0 Å². The smallest absolute Gasteiger partial charge is 0.168 e. The van der Waals surface area contributed by atoms with Crippen molar-refractivity contribution in [3.8, 4) is 0 Å². The average molecular weight is 243 g/mol. The average Bonchev–Trinajstić information content (AvgIpc) is 2.55. The van der Waals surface area contributed by atoms with Crippen molar-refractivity contribution in [2.24, 2.45) is 0 Å². The van der Waals surface area contributed by atoms with Gasteiger partial charge in [0, 0.05) is 5.39 Å². The van der Waals surface area contributed by atoms with Gasteiger partial charge in [-0.15, -0.1) is 0 Å². The van der Waals surface area contributed by atoms with Gasteiger partial charge in [0.1, 0.15) is 17.0 Å². The quantitative estimate of drug-likeness (QED) is 0.781. The fourth-order valence-corrected chi connectivity index (χ4v) is 1.57. The number of rotatable bonds is 1. The van der Waals surface area contributed by atoms with E-state index in [4.69, 9.17) is 0 Å². The van der Waals surface area contributed by atoms with E-state index < -0.39 is 5.82 Å². The van der Waals surface area contributed by atoms with Crippen LogP contribution in [0.15, 0.2) is 16.6 Å². The first kappa shape index (κ1) is 8.37. The van der Waals surface area contributed by atoms with Gasteiger partial charge in [0.05, 0.1) is 4.47 Å². The van der Waals surface area contributed by atoms with Gasteiger partial charge in [0.2, 0.25) is 0 Å². The van der Waals surface area contributed by atoms with Crippen molar-refractivity contribution in [2.45, 2.75) is 0 Å². The highest BCUT2D eigenvalue weighted by molar-refractivity contribution is 9.10. The van der Waals surface area contributed by atoms with Gasteiger partial charge in [-0.2, -0.15) is 5.10 Å². The highest BCUT2D eigenvalue weighted by atomic mass is 79.9. The second-order valence-electron chi connectivity index (χ2n) is 2.51. The van der Waals surface area contributed by atoms with Gasteiger partial charge in [-0.25, -0.2) is 4.39 Å². The molecule has 0 radical (unpaired) electrons. The third-order valence-electron chi connectivity index (χ3n) is 1.77. The molecule has 3 nitrogen and oxygen atoms in total. The Labute approximate surface area is 81.1 Å². The number of fused-ring (bicyclic) bond motifs is 1. The Kier molecular flexibility index (Phi) is 1.88. The Morgan fingerprint density at radius 2 is 2.31 bits per heavy atom. The molecule has 1 aromatic heterocycles. The molecule has 2 rings (SSSR count). The van der Waals surface area contributed by atoms with Crippen LogP contribution in [-0.2, 0) is 0 Å². The number of halogens is 2. The topological polar surface area (TPSA) is 45.8 Å². The van der Waals surface area contributed by atoms with E-state index in [0.29, 0.717) is 22.9 Å². The molecule has 0 bridgehead atoms. The second-order valence-corrected chi connectivity index (χ2v) is 3.31. The summed E-state index contributed by atoms with van der Waals surface area (Å²) in [6.07, 6.45) is 0.652. The fourth-order valence-electron chi connectivity index (χ4n) is 1.13. The Morgan fingerprint density at radius 3 is 3.00 bits per heavy atom. The predicted molar refractivity (Wildman–Crippen MR) is 49.1 cm³/mol. The Balaban J connectivity index is 2.88. The number of carbonyl (C=O) groups excluding carboxylic acids is 1. The number of aromatic amines is 1. The molecule has 0 unspecified atom stereocenters. The zero-order chi connectivity index (χ0) is 9.42. The van der Waals surface area contributed by atoms with Crippen molar-refractivity contribution in [2.75, 3.05) is 0 Å². The number of hydrogen-bond donors (Lipinski definition) is 1. The monoisotopic (exact) mass is 242 g/mol. The number of aldehydes is 1. The van der Waals surface area contributed by atoms with E-state index in [1.165, 1.54) is 12.1 Å². The standard InChI is InChI=1S/C8H4BrFN2O/c9-7-5(10)2-1-4-6(3-13)11-12-8(4)7/h1-3H,(H,11,12). The van der Waals surface area contributed by atoms with Gasteiger partial charge in [0.15, 0.2) is 6.29 Å². The SMILES string of the molecule is O=Cc1[nH]nc2c(Br)c(F)ccc12. The maximum Gasteiger partial charge on any atom is 0.168 e. The molecule has 0 atom stereocenters. The molecule has 0 spiro atoms. The largest absolute Gasteiger partial charge is 0.296 e. The molecule has 5 heteroatoms. The molecule has 0 saturated carbocycles. The van der Waals surface area contributed by atoms with E-state index in [2.05, 4.69) is 26.1 Å². The molecule has 0 aliphatic carbocycles. The molecular weight excluding hydrogens is 239 g/mol. The fraction of sp³-hybridized carbons (Fsp3) is 0. The van der Waals surface area contributed by atoms with E-state index >= 15 is 0 Å². The summed E-state index contributed by atoms with van der Waals surface area (Å²) >= 11 is 3.05. The first-order chi connectivity index (χ1) is 6.24. The lowest BCUT2D eigenvalue weighted by Crippen LogP contribution is -1.80. The zero-order valence-electron chi connectivity index (χ0n) is 6.34. The maximum atomic E-state index is 13.0. The summed E-state index contributed by atoms with van der Waals surface area (Å²) in [5, 5.41) is 6.94. The lowest BCUT2D eigenvalue weighted by atomic mass is 10.2. The minimum atomic E-state index is -0.392. The van der Waals surface area contributed by atoms with Gasteiger partial charge in [-0.3, -0.25) is 9.89 Å². The van der Waals surface area contributed by atoms with Crippen LogP contribution in [0.4, 0.5) is 4.39 Å². The van der Waals surface area contributed by atoms with Crippen molar-refractivity contribution in [1.82, 2.24) is 10.2 Å². The van der Waals surface area contributed by atoms with Crippen LogP contribution in [0.5, 0.6) is 0 Å². The summed E-state index contributed by atoms with van der Waals surface area (Å²) in [7, 11) is 0. The van der Waals surface area contributed by atoms with Gasteiger partial charge in [0.25, 0.3) is 0 Å². The number of H-pyrrole nitrogens is 1. The molecule has 2 aromatic rings. The minimum Gasteiger partial charge on any atom is -0.296 e. The van der Waals surface area contributed by atoms with Crippen LogP contribution in [0, 0.1) is 5.82 Å². The molecular formula is C8H4BrFN2O. The molecule has 1 aromatic carbocycles. The van der Waals surface area contributed by atoms with Crippen LogP contribution in [0.2, 0.25) is 0 Å². The van der Waals surface area contributed by atoms with Crippen LogP contribution in [0.1, 0.15) is 10.5 Å². The van der Waals surface area contributed by atoms with Crippen LogP contribution in [0.3, 0.4) is 0 Å². The van der Waals surface area contributed by atoms with Gasteiger partial charge >= 0.3 is 0 Å². The third-order valence-corrected chi connectivity index (χ3v) is 2.52. The van der Waals surface area contributed by atoms with E-state index in [1.54, 1.807) is 0 Å². The van der Waals surface area contributed by atoms with Crippen LogP contribution >= 0.6 is 15.9 Å². The predicted octanol–water partition coefficient (Wildman–Crippen LogP) is 2.28.